The van der Waals surface area contributed by atoms with Crippen molar-refractivity contribution in [2.24, 2.45) is 0 Å². The minimum Gasteiger partial charge on any atom is -0.383 e. The van der Waals surface area contributed by atoms with Crippen LogP contribution in [0.15, 0.2) is 28.8 Å². The van der Waals surface area contributed by atoms with Crippen molar-refractivity contribution in [2.45, 2.75) is 6.92 Å². The first kappa shape index (κ1) is 16.1. The molecule has 1 aromatic carbocycles. The first-order valence-electron chi connectivity index (χ1n) is 7.10. The number of methoxy groups -OCH3 is 1. The molecular weight excluding hydrogens is 284 g/mol. The second-order valence-electron chi connectivity index (χ2n) is 4.69. The Morgan fingerprint density at radius 3 is 2.82 bits per heavy atom. The topological polar surface area (TPSA) is 89.3 Å². The molecular formula is C15H20N4O3. The van der Waals surface area contributed by atoms with Crippen LogP contribution in [-0.2, 0) is 4.74 Å². The third-order valence-electron chi connectivity index (χ3n) is 3.00. The van der Waals surface area contributed by atoms with Crippen molar-refractivity contribution in [3.63, 3.8) is 0 Å². The van der Waals surface area contributed by atoms with Crippen molar-refractivity contribution in [1.82, 2.24) is 20.8 Å². The van der Waals surface area contributed by atoms with Gasteiger partial charge in [-0.2, -0.15) is 4.98 Å². The molecule has 0 saturated heterocycles. The molecule has 7 nitrogen and oxygen atoms in total. The molecule has 1 heterocycles. The molecule has 1 aromatic heterocycles. The van der Waals surface area contributed by atoms with Gasteiger partial charge in [0, 0.05) is 26.7 Å². The highest BCUT2D eigenvalue weighted by Gasteiger charge is 2.16. The molecule has 0 fully saturated rings. The van der Waals surface area contributed by atoms with E-state index in [1.54, 1.807) is 32.2 Å². The fraction of sp³-hybridized carbons (Fsp3) is 0.400. The Labute approximate surface area is 129 Å². The summed E-state index contributed by atoms with van der Waals surface area (Å²) in [6.07, 6.45) is 0. The quantitative estimate of drug-likeness (QED) is 0.708. The van der Waals surface area contributed by atoms with Crippen LogP contribution < -0.4 is 10.6 Å². The van der Waals surface area contributed by atoms with Gasteiger partial charge >= 0.3 is 0 Å². The van der Waals surface area contributed by atoms with E-state index in [1.165, 1.54) is 0 Å². The smallest absolute Gasteiger partial charge is 0.258 e. The van der Waals surface area contributed by atoms with E-state index in [2.05, 4.69) is 20.8 Å². The minimum absolute atomic E-state index is 0.167. The highest BCUT2D eigenvalue weighted by Crippen LogP contribution is 2.21. The number of rotatable bonds is 8. The Balaban J connectivity index is 1.95. The fourth-order valence-electron chi connectivity index (χ4n) is 1.93. The summed E-state index contributed by atoms with van der Waals surface area (Å²) in [5.74, 6) is 0.717. The van der Waals surface area contributed by atoms with Crippen LogP contribution >= 0.6 is 0 Å². The van der Waals surface area contributed by atoms with Crippen LogP contribution in [-0.4, -0.2) is 49.4 Å². The zero-order valence-corrected chi connectivity index (χ0v) is 12.8. The predicted molar refractivity (Wildman–Crippen MR) is 81.5 cm³/mol. The van der Waals surface area contributed by atoms with Gasteiger partial charge in [0.25, 0.3) is 11.8 Å². The van der Waals surface area contributed by atoms with Crippen molar-refractivity contribution < 1.29 is 14.1 Å². The number of nitrogens with one attached hydrogen (secondary N) is 2. The number of hydrogen-bond donors (Lipinski definition) is 2. The Morgan fingerprint density at radius 2 is 2.09 bits per heavy atom. The SMILES string of the molecule is COCCNCCNC(=O)c1ccccc1-c1nc(C)no1. The van der Waals surface area contributed by atoms with E-state index in [9.17, 15) is 4.79 Å². The lowest BCUT2D eigenvalue weighted by Gasteiger charge is -2.08. The zero-order valence-electron chi connectivity index (χ0n) is 12.8. The number of carbonyl (C=O) groups excluding carboxylic acids is 1. The Kier molecular flexibility index (Phi) is 6.05. The van der Waals surface area contributed by atoms with E-state index in [-0.39, 0.29) is 5.91 Å². The van der Waals surface area contributed by atoms with Crippen LogP contribution in [0.25, 0.3) is 11.5 Å². The maximum absolute atomic E-state index is 12.3. The molecule has 0 bridgehead atoms. The summed E-state index contributed by atoms with van der Waals surface area (Å²) in [7, 11) is 1.65. The molecule has 22 heavy (non-hydrogen) atoms. The molecule has 0 aliphatic heterocycles. The zero-order chi connectivity index (χ0) is 15.8. The Hall–Kier alpha value is -2.25. The lowest BCUT2D eigenvalue weighted by Crippen LogP contribution is -2.33. The van der Waals surface area contributed by atoms with Crippen molar-refractivity contribution >= 4 is 5.91 Å². The second-order valence-corrected chi connectivity index (χ2v) is 4.69. The maximum atomic E-state index is 12.3. The number of nitrogens with zero attached hydrogens (tertiary/aromatic N) is 2. The number of carbonyl (C=O) groups is 1. The predicted octanol–water partition coefficient (Wildman–Crippen LogP) is 1.01. The van der Waals surface area contributed by atoms with Gasteiger partial charge in [0.1, 0.15) is 0 Å². The summed E-state index contributed by atoms with van der Waals surface area (Å²) in [6, 6.07) is 7.16. The van der Waals surface area contributed by atoms with Crippen molar-refractivity contribution in [1.29, 1.82) is 0 Å². The lowest BCUT2D eigenvalue weighted by atomic mass is 10.1. The fourth-order valence-corrected chi connectivity index (χ4v) is 1.93. The number of aryl methyl sites for hydroxylation is 1. The van der Waals surface area contributed by atoms with Gasteiger partial charge in [0.15, 0.2) is 5.82 Å². The average Bonchev–Trinajstić information content (AvgIpc) is 2.97. The summed E-state index contributed by atoms with van der Waals surface area (Å²) in [5, 5.41) is 9.78. The summed E-state index contributed by atoms with van der Waals surface area (Å²) in [4.78, 5) is 16.5. The highest BCUT2D eigenvalue weighted by atomic mass is 16.5. The standard InChI is InChI=1S/C15H20N4O3/c1-11-18-15(22-19-11)13-6-4-3-5-12(13)14(20)17-8-7-16-9-10-21-2/h3-6,16H,7-10H2,1-2H3,(H,17,20). The van der Waals surface area contributed by atoms with Gasteiger partial charge in [0.2, 0.25) is 0 Å². The largest absolute Gasteiger partial charge is 0.383 e. The monoisotopic (exact) mass is 304 g/mol. The Morgan fingerprint density at radius 1 is 1.27 bits per heavy atom. The number of ether oxygens (including phenoxy) is 1. The van der Waals surface area contributed by atoms with Gasteiger partial charge in [-0.15, -0.1) is 0 Å². The minimum atomic E-state index is -0.167. The maximum Gasteiger partial charge on any atom is 0.258 e. The van der Waals surface area contributed by atoms with Crippen molar-refractivity contribution in [3.8, 4) is 11.5 Å². The van der Waals surface area contributed by atoms with Gasteiger partial charge in [-0.1, -0.05) is 17.3 Å². The third kappa shape index (κ3) is 4.37. The van der Waals surface area contributed by atoms with Crippen LogP contribution in [0.5, 0.6) is 0 Å². The molecule has 2 N–H and O–H groups in total. The normalized spacial score (nSPS) is 10.6. The first-order valence-corrected chi connectivity index (χ1v) is 7.10. The van der Waals surface area contributed by atoms with E-state index in [4.69, 9.17) is 9.26 Å². The molecule has 0 radical (unpaired) electrons. The van der Waals surface area contributed by atoms with E-state index >= 15 is 0 Å². The molecule has 0 aliphatic carbocycles. The summed E-state index contributed by atoms with van der Waals surface area (Å²) in [5.41, 5.74) is 1.15. The van der Waals surface area contributed by atoms with Gasteiger partial charge in [-0.3, -0.25) is 4.79 Å². The van der Waals surface area contributed by atoms with Gasteiger partial charge in [-0.25, -0.2) is 0 Å². The van der Waals surface area contributed by atoms with Crippen LogP contribution in [0, 0.1) is 6.92 Å². The molecule has 2 rings (SSSR count). The first-order chi connectivity index (χ1) is 10.7. The number of hydrogen-bond acceptors (Lipinski definition) is 6. The number of amides is 1. The molecule has 0 saturated carbocycles. The van der Waals surface area contributed by atoms with Gasteiger partial charge < -0.3 is 19.9 Å². The van der Waals surface area contributed by atoms with Gasteiger partial charge in [0.05, 0.1) is 17.7 Å². The molecule has 118 valence electrons. The molecule has 0 unspecified atom stereocenters. The lowest BCUT2D eigenvalue weighted by molar-refractivity contribution is 0.0954. The molecule has 1 amide bonds. The van der Waals surface area contributed by atoms with Crippen molar-refractivity contribution in [3.05, 3.63) is 35.7 Å². The summed E-state index contributed by atoms with van der Waals surface area (Å²) >= 11 is 0. The van der Waals surface area contributed by atoms with E-state index in [0.717, 1.165) is 6.54 Å². The van der Waals surface area contributed by atoms with Gasteiger partial charge in [-0.05, 0) is 19.1 Å². The van der Waals surface area contributed by atoms with E-state index < -0.39 is 0 Å². The average molecular weight is 304 g/mol. The number of aromatic nitrogens is 2. The van der Waals surface area contributed by atoms with Crippen molar-refractivity contribution in [2.75, 3.05) is 33.4 Å². The summed E-state index contributed by atoms with van der Waals surface area (Å²) in [6.45, 7) is 4.34. The van der Waals surface area contributed by atoms with Crippen LogP contribution in [0.3, 0.4) is 0 Å². The van der Waals surface area contributed by atoms with Crippen LogP contribution in [0.4, 0.5) is 0 Å². The molecule has 2 aromatic rings. The molecule has 0 spiro atoms. The highest BCUT2D eigenvalue weighted by molar-refractivity contribution is 5.99. The number of benzene rings is 1. The third-order valence-corrected chi connectivity index (χ3v) is 3.00. The molecule has 0 aliphatic rings. The second kappa shape index (κ2) is 8.26. The Bertz CT molecular complexity index is 612. The molecule has 0 atom stereocenters. The van der Waals surface area contributed by atoms with E-state index in [1.807, 2.05) is 6.07 Å². The van der Waals surface area contributed by atoms with E-state index in [0.29, 0.717) is 42.5 Å². The summed E-state index contributed by atoms with van der Waals surface area (Å²) < 4.78 is 10.1. The van der Waals surface area contributed by atoms with Crippen LogP contribution in [0.2, 0.25) is 0 Å². The van der Waals surface area contributed by atoms with Crippen LogP contribution in [0.1, 0.15) is 16.2 Å². The molecule has 7 heteroatoms.